The molecule has 1 rings (SSSR count). The summed E-state index contributed by atoms with van der Waals surface area (Å²) in [7, 11) is 1.89. The van der Waals surface area contributed by atoms with Crippen LogP contribution in [0.1, 0.15) is 66.2 Å². The van der Waals surface area contributed by atoms with Gasteiger partial charge in [0.15, 0.2) is 0 Å². The largest absolute Gasteiger partial charge is 0.386 e. The van der Waals surface area contributed by atoms with Crippen LogP contribution in [0.3, 0.4) is 0 Å². The van der Waals surface area contributed by atoms with Gasteiger partial charge in [0.05, 0.1) is 0 Å². The summed E-state index contributed by atoms with van der Waals surface area (Å²) in [6.45, 7) is 13.0. The molecule has 0 aromatic carbocycles. The molecule has 2 nitrogen and oxygen atoms in total. The van der Waals surface area contributed by atoms with Crippen LogP contribution in [0.15, 0.2) is 28.9 Å². The summed E-state index contributed by atoms with van der Waals surface area (Å²) in [4.78, 5) is 4.47. The molecule has 0 saturated heterocycles. The fourth-order valence-corrected chi connectivity index (χ4v) is 2.25. The van der Waals surface area contributed by atoms with Gasteiger partial charge < -0.3 is 5.32 Å². The summed E-state index contributed by atoms with van der Waals surface area (Å²) < 4.78 is 0. The van der Waals surface area contributed by atoms with Crippen molar-refractivity contribution in [1.82, 2.24) is 5.32 Å². The molecule has 0 amide bonds. The number of rotatable bonds is 8. The second-order valence-corrected chi connectivity index (χ2v) is 6.95. The highest BCUT2D eigenvalue weighted by atomic mass is 15.0. The van der Waals surface area contributed by atoms with Gasteiger partial charge in [0.25, 0.3) is 0 Å². The van der Waals surface area contributed by atoms with E-state index in [1.54, 1.807) is 0 Å². The fraction of sp³-hybridized carbons (Fsp3) is 0.722. The van der Waals surface area contributed by atoms with E-state index in [0.29, 0.717) is 6.04 Å². The Bertz CT molecular complexity index is 379. The Morgan fingerprint density at radius 1 is 1.25 bits per heavy atom. The maximum atomic E-state index is 4.47. The maximum Gasteiger partial charge on any atom is 0.0415 e. The van der Waals surface area contributed by atoms with Gasteiger partial charge in [-0.1, -0.05) is 46.3 Å². The topological polar surface area (TPSA) is 24.4 Å². The van der Waals surface area contributed by atoms with E-state index in [4.69, 9.17) is 0 Å². The van der Waals surface area contributed by atoms with Crippen LogP contribution in [0.25, 0.3) is 0 Å². The van der Waals surface area contributed by atoms with Crippen molar-refractivity contribution in [2.45, 2.75) is 72.3 Å². The van der Waals surface area contributed by atoms with Crippen LogP contribution in [-0.2, 0) is 0 Å². The van der Waals surface area contributed by atoms with Crippen molar-refractivity contribution in [3.63, 3.8) is 0 Å². The van der Waals surface area contributed by atoms with Crippen LogP contribution < -0.4 is 5.32 Å². The van der Waals surface area contributed by atoms with Crippen LogP contribution in [0.2, 0.25) is 0 Å². The van der Waals surface area contributed by atoms with E-state index in [1.165, 1.54) is 36.2 Å². The molecular formula is C18H32N2. The molecule has 0 spiro atoms. The van der Waals surface area contributed by atoms with Crippen molar-refractivity contribution in [3.05, 3.63) is 23.9 Å². The number of aliphatic imine (C=N–C) groups is 1. The summed E-state index contributed by atoms with van der Waals surface area (Å²) in [6.07, 6.45) is 9.35. The summed E-state index contributed by atoms with van der Waals surface area (Å²) in [5.74, 6) is 0. The predicted molar refractivity (Wildman–Crippen MR) is 90.3 cm³/mol. The van der Waals surface area contributed by atoms with E-state index in [2.05, 4.69) is 50.7 Å². The van der Waals surface area contributed by atoms with Gasteiger partial charge in [-0.25, -0.2) is 0 Å². The molecule has 1 aliphatic carbocycles. The minimum atomic E-state index is 0.103. The van der Waals surface area contributed by atoms with Gasteiger partial charge in [0.2, 0.25) is 0 Å². The molecule has 0 aromatic heterocycles. The molecule has 0 atom stereocenters. The first kappa shape index (κ1) is 17.0. The average molecular weight is 276 g/mol. The first-order valence-corrected chi connectivity index (χ1v) is 7.97. The second-order valence-electron chi connectivity index (χ2n) is 6.95. The van der Waals surface area contributed by atoms with E-state index in [0.717, 1.165) is 19.3 Å². The smallest absolute Gasteiger partial charge is 0.0415 e. The van der Waals surface area contributed by atoms with Crippen LogP contribution >= 0.6 is 0 Å². The molecule has 114 valence electrons. The van der Waals surface area contributed by atoms with Crippen LogP contribution in [0.4, 0.5) is 0 Å². The van der Waals surface area contributed by atoms with Crippen molar-refractivity contribution in [2.75, 3.05) is 7.05 Å². The Hall–Kier alpha value is -1.05. The third-order valence-corrected chi connectivity index (χ3v) is 3.64. The number of hydrogen-bond donors (Lipinski definition) is 1. The van der Waals surface area contributed by atoms with E-state index >= 15 is 0 Å². The Morgan fingerprint density at radius 3 is 2.35 bits per heavy atom. The molecule has 1 N–H and O–H groups in total. The minimum absolute atomic E-state index is 0.103. The lowest BCUT2D eigenvalue weighted by Crippen LogP contribution is -2.22. The lowest BCUT2D eigenvalue weighted by Gasteiger charge is -2.20. The van der Waals surface area contributed by atoms with E-state index < -0.39 is 0 Å². The van der Waals surface area contributed by atoms with Crippen molar-refractivity contribution < 1.29 is 0 Å². The molecule has 0 unspecified atom stereocenters. The van der Waals surface area contributed by atoms with Crippen LogP contribution in [-0.4, -0.2) is 18.8 Å². The highest BCUT2D eigenvalue weighted by Crippen LogP contribution is 2.24. The molecule has 0 aliphatic heterocycles. The number of nitrogens with zero attached hydrogens (tertiary/aromatic N) is 1. The van der Waals surface area contributed by atoms with Gasteiger partial charge in [-0.05, 0) is 38.2 Å². The molecule has 1 saturated carbocycles. The van der Waals surface area contributed by atoms with E-state index in [9.17, 15) is 0 Å². The average Bonchev–Trinajstić information content (AvgIpc) is 3.15. The third kappa shape index (κ3) is 6.40. The monoisotopic (exact) mass is 276 g/mol. The Kier molecular flexibility index (Phi) is 6.51. The standard InChI is InChI=1S/C18H32N2/c1-7-8-14(2)9-10-16(20-15-11-12-15)13-17(19-6)18(3,4)5/h13,15,20H,2,7-12H2,1,3-6H3/b16-13+,19-17+. The molecule has 2 heteroatoms. The minimum Gasteiger partial charge on any atom is -0.386 e. The summed E-state index contributed by atoms with van der Waals surface area (Å²) in [5.41, 5.74) is 3.97. The third-order valence-electron chi connectivity index (χ3n) is 3.64. The summed E-state index contributed by atoms with van der Waals surface area (Å²) in [5, 5.41) is 3.66. The van der Waals surface area contributed by atoms with Crippen molar-refractivity contribution >= 4 is 5.71 Å². The second kappa shape index (κ2) is 7.66. The molecule has 0 aromatic rings. The van der Waals surface area contributed by atoms with E-state index in [1.807, 2.05) is 7.05 Å². The Balaban J connectivity index is 2.69. The Morgan fingerprint density at radius 2 is 1.90 bits per heavy atom. The lowest BCUT2D eigenvalue weighted by atomic mass is 9.88. The normalized spacial score (nSPS) is 17.2. The van der Waals surface area contributed by atoms with Crippen molar-refractivity contribution in [1.29, 1.82) is 0 Å². The number of allylic oxidation sites excluding steroid dienone is 3. The van der Waals surface area contributed by atoms with Crippen molar-refractivity contribution in [3.8, 4) is 0 Å². The van der Waals surface area contributed by atoms with Crippen molar-refractivity contribution in [2.24, 2.45) is 10.4 Å². The van der Waals surface area contributed by atoms with Crippen LogP contribution in [0.5, 0.6) is 0 Å². The fourth-order valence-electron chi connectivity index (χ4n) is 2.25. The Labute approximate surface area is 125 Å². The predicted octanol–water partition coefficient (Wildman–Crippen LogP) is 4.88. The van der Waals surface area contributed by atoms with Gasteiger partial charge in [-0.3, -0.25) is 4.99 Å². The van der Waals surface area contributed by atoms with Gasteiger partial charge in [0.1, 0.15) is 0 Å². The maximum absolute atomic E-state index is 4.47. The molecule has 1 aliphatic rings. The molecule has 20 heavy (non-hydrogen) atoms. The van der Waals surface area contributed by atoms with E-state index in [-0.39, 0.29) is 5.41 Å². The number of nitrogens with one attached hydrogen (secondary N) is 1. The molecule has 0 bridgehead atoms. The zero-order valence-electron chi connectivity index (χ0n) is 14.1. The number of hydrogen-bond acceptors (Lipinski definition) is 2. The van der Waals surface area contributed by atoms with Gasteiger partial charge >= 0.3 is 0 Å². The van der Waals surface area contributed by atoms with Gasteiger partial charge in [0, 0.05) is 29.9 Å². The molecule has 1 fully saturated rings. The summed E-state index contributed by atoms with van der Waals surface area (Å²) >= 11 is 0. The quantitative estimate of drug-likeness (QED) is 0.496. The zero-order valence-corrected chi connectivity index (χ0v) is 14.1. The molecular weight excluding hydrogens is 244 g/mol. The summed E-state index contributed by atoms with van der Waals surface area (Å²) in [6, 6.07) is 0.693. The first-order chi connectivity index (χ1) is 9.36. The highest BCUT2D eigenvalue weighted by molar-refractivity contribution is 5.99. The molecule has 0 heterocycles. The SMILES string of the molecule is C=C(CCC)CC/C(=C\C(=N/C)C(C)(C)C)NC1CC1. The zero-order chi connectivity index (χ0) is 15.2. The van der Waals surface area contributed by atoms with Crippen LogP contribution in [0, 0.1) is 5.41 Å². The highest BCUT2D eigenvalue weighted by Gasteiger charge is 2.23. The molecule has 0 radical (unpaired) electrons. The lowest BCUT2D eigenvalue weighted by molar-refractivity contribution is 0.591. The van der Waals surface area contributed by atoms with Gasteiger partial charge in [-0.2, -0.15) is 0 Å². The van der Waals surface area contributed by atoms with Gasteiger partial charge in [-0.15, -0.1) is 0 Å². The first-order valence-electron chi connectivity index (χ1n) is 7.97.